The Balaban J connectivity index is 0.00000121. The number of nitrogens with two attached hydrogens (primary N) is 1. The van der Waals surface area contributed by atoms with Crippen molar-refractivity contribution in [1.29, 1.82) is 0 Å². The number of hydrogen-bond donors (Lipinski definition) is 2. The highest BCUT2D eigenvalue weighted by Gasteiger charge is 2.28. The van der Waals surface area contributed by atoms with Crippen LogP contribution in [0.2, 0.25) is 0 Å². The molecule has 1 unspecified atom stereocenters. The molecule has 1 fully saturated rings. The van der Waals surface area contributed by atoms with E-state index in [2.05, 4.69) is 10.3 Å². The van der Waals surface area contributed by atoms with Gasteiger partial charge in [0.1, 0.15) is 0 Å². The van der Waals surface area contributed by atoms with E-state index >= 15 is 0 Å². The summed E-state index contributed by atoms with van der Waals surface area (Å²) in [5.74, 6) is 1.18. The van der Waals surface area contributed by atoms with Gasteiger partial charge < -0.3 is 15.5 Å². The normalized spacial score (nSPS) is 14.4. The first-order chi connectivity index (χ1) is 9.74. The van der Waals surface area contributed by atoms with Crippen molar-refractivity contribution in [2.24, 2.45) is 11.7 Å². The van der Waals surface area contributed by atoms with Gasteiger partial charge in [0.2, 0.25) is 0 Å². The highest BCUT2D eigenvalue weighted by Crippen LogP contribution is 2.31. The lowest BCUT2D eigenvalue weighted by Crippen LogP contribution is -2.38. The van der Waals surface area contributed by atoms with Gasteiger partial charge >= 0.3 is 0 Å². The molecule has 1 heterocycles. The Hall–Kier alpha value is -1.56. The molecule has 120 valence electrons. The van der Waals surface area contributed by atoms with Crippen LogP contribution < -0.4 is 11.1 Å². The smallest absolute Gasteiger partial charge is 0.251 e. The predicted molar refractivity (Wildman–Crippen MR) is 89.5 cm³/mol. The van der Waals surface area contributed by atoms with Gasteiger partial charge in [-0.15, -0.1) is 24.8 Å². The fourth-order valence-corrected chi connectivity index (χ4v) is 2.15. The van der Waals surface area contributed by atoms with Crippen molar-refractivity contribution >= 4 is 30.7 Å². The van der Waals surface area contributed by atoms with Gasteiger partial charge in [0.25, 0.3) is 5.91 Å². The molecule has 0 spiro atoms. The summed E-state index contributed by atoms with van der Waals surface area (Å²) in [6.07, 6.45) is 5.39. The summed E-state index contributed by atoms with van der Waals surface area (Å²) in [5.41, 5.74) is 7.48. The number of hydrogen-bond acceptors (Lipinski definition) is 4. The van der Waals surface area contributed by atoms with Crippen molar-refractivity contribution in [2.45, 2.75) is 18.9 Å². The second kappa shape index (κ2) is 8.17. The van der Waals surface area contributed by atoms with Gasteiger partial charge in [-0.3, -0.25) is 4.79 Å². The topological polar surface area (TPSA) is 81.1 Å². The molecule has 1 amide bonds. The average molecular weight is 344 g/mol. The summed E-state index contributed by atoms with van der Waals surface area (Å²) in [4.78, 5) is 15.9. The number of carbonyl (C=O) groups is 1. The number of rotatable bonds is 5. The Bertz CT molecular complexity index is 583. The summed E-state index contributed by atoms with van der Waals surface area (Å²) in [6, 6.07) is 7.31. The molecular formula is C15H19Cl2N3O2. The second-order valence-corrected chi connectivity index (χ2v) is 5.15. The number of carbonyl (C=O) groups excluding carboxylic acids is 1. The molecule has 0 radical (unpaired) electrons. The van der Waals surface area contributed by atoms with Gasteiger partial charge in [0.05, 0.1) is 6.20 Å². The maximum Gasteiger partial charge on any atom is 0.251 e. The molecule has 2 aromatic rings. The van der Waals surface area contributed by atoms with Crippen LogP contribution in [0.1, 0.15) is 23.2 Å². The van der Waals surface area contributed by atoms with Crippen molar-refractivity contribution in [1.82, 2.24) is 10.3 Å². The van der Waals surface area contributed by atoms with Crippen molar-refractivity contribution in [3.05, 3.63) is 42.4 Å². The fourth-order valence-electron chi connectivity index (χ4n) is 2.15. The SMILES string of the molecule is Cl.Cl.NC(CNC(=O)c1ccc(-c2cnco2)cc1)C1CC1. The molecule has 0 bridgehead atoms. The first kappa shape index (κ1) is 18.5. The number of oxazole rings is 1. The standard InChI is InChI=1S/C15H17N3O2.2ClH/c16-13(10-1-2-10)7-18-15(19)12-5-3-11(4-6-12)14-8-17-9-20-14;;/h3-6,8-10,13H,1-2,7,16H2,(H,18,19);2*1H. The number of amides is 1. The van der Waals surface area contributed by atoms with Gasteiger partial charge in [-0.25, -0.2) is 4.98 Å². The van der Waals surface area contributed by atoms with E-state index in [1.807, 2.05) is 12.1 Å². The molecule has 5 nitrogen and oxygen atoms in total. The van der Waals surface area contributed by atoms with E-state index in [0.717, 1.165) is 5.56 Å². The molecule has 1 aromatic heterocycles. The maximum absolute atomic E-state index is 12.0. The Kier molecular flexibility index (Phi) is 6.87. The van der Waals surface area contributed by atoms with Gasteiger partial charge in [-0.1, -0.05) is 12.1 Å². The minimum Gasteiger partial charge on any atom is -0.444 e. The van der Waals surface area contributed by atoms with Crippen LogP contribution in [0.5, 0.6) is 0 Å². The summed E-state index contributed by atoms with van der Waals surface area (Å²) in [5, 5.41) is 2.87. The number of benzene rings is 1. The van der Waals surface area contributed by atoms with Crippen LogP contribution in [0, 0.1) is 5.92 Å². The van der Waals surface area contributed by atoms with Crippen LogP contribution in [0.4, 0.5) is 0 Å². The third-order valence-corrected chi connectivity index (χ3v) is 3.59. The summed E-state index contributed by atoms with van der Waals surface area (Å²) in [7, 11) is 0. The molecular weight excluding hydrogens is 325 g/mol. The van der Waals surface area contributed by atoms with E-state index in [9.17, 15) is 4.79 Å². The van der Waals surface area contributed by atoms with E-state index in [1.54, 1.807) is 18.3 Å². The molecule has 7 heteroatoms. The molecule has 22 heavy (non-hydrogen) atoms. The van der Waals surface area contributed by atoms with Crippen LogP contribution in [0.25, 0.3) is 11.3 Å². The number of aromatic nitrogens is 1. The van der Waals surface area contributed by atoms with Crippen LogP contribution in [0.15, 0.2) is 41.3 Å². The van der Waals surface area contributed by atoms with E-state index in [-0.39, 0.29) is 36.8 Å². The highest BCUT2D eigenvalue weighted by atomic mass is 35.5. The third-order valence-electron chi connectivity index (χ3n) is 3.59. The molecule has 3 rings (SSSR count). The Labute approximate surface area is 141 Å². The van der Waals surface area contributed by atoms with Gasteiger partial charge in [-0.05, 0) is 30.9 Å². The number of nitrogens with one attached hydrogen (secondary N) is 1. The molecule has 1 saturated carbocycles. The van der Waals surface area contributed by atoms with E-state index < -0.39 is 0 Å². The zero-order valence-corrected chi connectivity index (χ0v) is 13.5. The van der Waals surface area contributed by atoms with E-state index in [0.29, 0.717) is 23.8 Å². The minimum atomic E-state index is -0.0924. The van der Waals surface area contributed by atoms with Crippen LogP contribution in [-0.4, -0.2) is 23.5 Å². The third kappa shape index (κ3) is 4.47. The predicted octanol–water partition coefficient (Wildman–Crippen LogP) is 2.65. The lowest BCUT2D eigenvalue weighted by atomic mass is 10.1. The fraction of sp³-hybridized carbons (Fsp3) is 0.333. The lowest BCUT2D eigenvalue weighted by Gasteiger charge is -2.11. The summed E-state index contributed by atoms with van der Waals surface area (Å²) in [6.45, 7) is 0.535. The number of nitrogens with zero attached hydrogens (tertiary/aromatic N) is 1. The molecule has 1 aromatic carbocycles. The lowest BCUT2D eigenvalue weighted by molar-refractivity contribution is 0.0950. The summed E-state index contributed by atoms with van der Waals surface area (Å²) < 4.78 is 5.20. The van der Waals surface area contributed by atoms with Crippen molar-refractivity contribution in [3.63, 3.8) is 0 Å². The zero-order chi connectivity index (χ0) is 13.9. The Morgan fingerprint density at radius 1 is 1.32 bits per heavy atom. The molecule has 1 aliphatic rings. The summed E-state index contributed by atoms with van der Waals surface area (Å²) >= 11 is 0. The molecule has 1 aliphatic carbocycles. The molecule has 1 atom stereocenters. The first-order valence-electron chi connectivity index (χ1n) is 6.77. The zero-order valence-electron chi connectivity index (χ0n) is 11.9. The van der Waals surface area contributed by atoms with Gasteiger partial charge in [0.15, 0.2) is 12.2 Å². The van der Waals surface area contributed by atoms with Crippen molar-refractivity contribution in [3.8, 4) is 11.3 Å². The molecule has 0 saturated heterocycles. The molecule has 3 N–H and O–H groups in total. The Morgan fingerprint density at radius 2 is 2.00 bits per heavy atom. The Morgan fingerprint density at radius 3 is 2.55 bits per heavy atom. The van der Waals surface area contributed by atoms with Crippen molar-refractivity contribution in [2.75, 3.05) is 6.54 Å². The largest absolute Gasteiger partial charge is 0.444 e. The first-order valence-corrected chi connectivity index (χ1v) is 6.77. The molecule has 0 aliphatic heterocycles. The van der Waals surface area contributed by atoms with Crippen LogP contribution in [-0.2, 0) is 0 Å². The number of halogens is 2. The quantitative estimate of drug-likeness (QED) is 0.874. The van der Waals surface area contributed by atoms with Crippen LogP contribution in [0.3, 0.4) is 0 Å². The van der Waals surface area contributed by atoms with Gasteiger partial charge in [0, 0.05) is 23.7 Å². The van der Waals surface area contributed by atoms with E-state index in [4.69, 9.17) is 10.2 Å². The average Bonchev–Trinajstić information content (AvgIpc) is 3.19. The van der Waals surface area contributed by atoms with Gasteiger partial charge in [-0.2, -0.15) is 0 Å². The van der Waals surface area contributed by atoms with Crippen molar-refractivity contribution < 1.29 is 9.21 Å². The minimum absolute atomic E-state index is 0. The second-order valence-electron chi connectivity index (χ2n) is 5.15. The van der Waals surface area contributed by atoms with Crippen LogP contribution >= 0.6 is 24.8 Å². The maximum atomic E-state index is 12.0. The highest BCUT2D eigenvalue weighted by molar-refractivity contribution is 5.94. The van der Waals surface area contributed by atoms with E-state index in [1.165, 1.54) is 19.2 Å². The monoisotopic (exact) mass is 343 g/mol.